The van der Waals surface area contributed by atoms with Crippen LogP contribution in [0.3, 0.4) is 0 Å². The van der Waals surface area contributed by atoms with Gasteiger partial charge in [-0.15, -0.1) is 0 Å². The summed E-state index contributed by atoms with van der Waals surface area (Å²) >= 11 is 0. The maximum Gasteiger partial charge on any atom is 0.325 e. The second-order valence-electron chi connectivity index (χ2n) is 6.81. The Labute approximate surface area is 111 Å². The first kappa shape index (κ1) is 15.4. The van der Waals surface area contributed by atoms with Gasteiger partial charge in [-0.1, -0.05) is 27.7 Å². The average molecular weight is 256 g/mol. The van der Waals surface area contributed by atoms with Crippen LogP contribution in [0.4, 0.5) is 0 Å². The smallest absolute Gasteiger partial charge is 0.325 e. The second-order valence-corrected chi connectivity index (χ2v) is 6.81. The summed E-state index contributed by atoms with van der Waals surface area (Å²) in [4.78, 5) is 13.9. The van der Waals surface area contributed by atoms with Gasteiger partial charge in [-0.25, -0.2) is 0 Å². The molecule has 1 unspecified atom stereocenters. The molecule has 0 aromatic rings. The molecule has 0 heterocycles. The number of carbonyl (C=O) groups is 1. The molecule has 0 radical (unpaired) electrons. The number of nitrogens with zero attached hydrogens (tertiary/aromatic N) is 1. The van der Waals surface area contributed by atoms with Crippen molar-refractivity contribution in [2.24, 2.45) is 11.3 Å². The molecule has 0 spiro atoms. The molecule has 0 aromatic carbocycles. The Balaban J connectivity index is 2.74. The van der Waals surface area contributed by atoms with E-state index in [0.29, 0.717) is 13.1 Å². The van der Waals surface area contributed by atoms with Crippen molar-refractivity contribution in [3.8, 4) is 0 Å². The molecule has 0 bridgehead atoms. The predicted molar refractivity (Wildman–Crippen MR) is 73.7 cm³/mol. The Hall–Kier alpha value is -0.610. The minimum absolute atomic E-state index is 0.189. The number of rotatable bonds is 7. The van der Waals surface area contributed by atoms with Crippen LogP contribution in [0.5, 0.6) is 0 Å². The Kier molecular flexibility index (Phi) is 4.78. The summed E-state index contributed by atoms with van der Waals surface area (Å²) in [7, 11) is 2.02. The van der Waals surface area contributed by atoms with Crippen molar-refractivity contribution in [3.63, 3.8) is 0 Å². The van der Waals surface area contributed by atoms with Gasteiger partial charge in [0.1, 0.15) is 5.54 Å². The van der Waals surface area contributed by atoms with E-state index >= 15 is 0 Å². The molecule has 0 aliphatic heterocycles. The number of nitrogens with one attached hydrogen (secondary N) is 1. The van der Waals surface area contributed by atoms with E-state index in [1.165, 1.54) is 0 Å². The summed E-state index contributed by atoms with van der Waals surface area (Å²) in [5, 5.41) is 12.9. The lowest BCUT2D eigenvalue weighted by atomic mass is 9.90. The van der Waals surface area contributed by atoms with Gasteiger partial charge in [0.25, 0.3) is 0 Å². The van der Waals surface area contributed by atoms with Gasteiger partial charge >= 0.3 is 5.97 Å². The van der Waals surface area contributed by atoms with Crippen molar-refractivity contribution in [1.29, 1.82) is 0 Å². The lowest BCUT2D eigenvalue weighted by molar-refractivity contribution is -0.147. The van der Waals surface area contributed by atoms with Crippen LogP contribution in [-0.2, 0) is 4.79 Å². The number of hydrogen-bond acceptors (Lipinski definition) is 3. The lowest BCUT2D eigenvalue weighted by Gasteiger charge is -2.36. The molecular weight excluding hydrogens is 228 g/mol. The highest BCUT2D eigenvalue weighted by molar-refractivity contribution is 5.80. The highest BCUT2D eigenvalue weighted by Gasteiger charge is 2.51. The Morgan fingerprint density at radius 1 is 1.33 bits per heavy atom. The van der Waals surface area contributed by atoms with Gasteiger partial charge in [-0.3, -0.25) is 4.79 Å². The Morgan fingerprint density at radius 3 is 2.22 bits per heavy atom. The van der Waals surface area contributed by atoms with E-state index in [1.807, 2.05) is 14.0 Å². The molecule has 1 atom stereocenters. The molecule has 0 amide bonds. The summed E-state index contributed by atoms with van der Waals surface area (Å²) in [5.74, 6) is -0.412. The van der Waals surface area contributed by atoms with E-state index in [-0.39, 0.29) is 11.3 Å². The predicted octanol–water partition coefficient (Wildman–Crippen LogP) is 1.81. The molecule has 106 valence electrons. The third kappa shape index (κ3) is 3.95. The van der Waals surface area contributed by atoms with E-state index in [2.05, 4.69) is 31.0 Å². The summed E-state index contributed by atoms with van der Waals surface area (Å²) in [6, 6.07) is 0. The molecule has 1 rings (SSSR count). The quantitative estimate of drug-likeness (QED) is 0.729. The topological polar surface area (TPSA) is 52.6 Å². The van der Waals surface area contributed by atoms with Gasteiger partial charge in [0.2, 0.25) is 0 Å². The van der Waals surface area contributed by atoms with Gasteiger partial charge < -0.3 is 15.3 Å². The number of hydrogen-bond donors (Lipinski definition) is 2. The SMILES string of the molecule is CCNC(CN(C)CC(C)(C)C)(C(=O)O)C1CC1. The van der Waals surface area contributed by atoms with E-state index in [9.17, 15) is 9.90 Å². The van der Waals surface area contributed by atoms with Crippen molar-refractivity contribution in [2.75, 3.05) is 26.7 Å². The third-order valence-corrected chi connectivity index (χ3v) is 3.41. The van der Waals surface area contributed by atoms with Crippen LogP contribution in [0.1, 0.15) is 40.5 Å². The van der Waals surface area contributed by atoms with Gasteiger partial charge in [-0.05, 0) is 37.8 Å². The average Bonchev–Trinajstić information content (AvgIpc) is 2.96. The van der Waals surface area contributed by atoms with Gasteiger partial charge in [0.15, 0.2) is 0 Å². The van der Waals surface area contributed by atoms with Crippen LogP contribution in [0.25, 0.3) is 0 Å². The number of aliphatic carboxylic acids is 1. The fraction of sp³-hybridized carbons (Fsp3) is 0.929. The molecule has 1 aliphatic rings. The molecule has 0 aromatic heterocycles. The zero-order valence-corrected chi connectivity index (χ0v) is 12.4. The summed E-state index contributed by atoms with van der Waals surface area (Å²) in [6.45, 7) is 10.7. The summed E-state index contributed by atoms with van der Waals surface area (Å²) in [5.41, 5.74) is -0.566. The highest BCUT2D eigenvalue weighted by Crippen LogP contribution is 2.40. The van der Waals surface area contributed by atoms with E-state index in [0.717, 1.165) is 19.4 Å². The van der Waals surface area contributed by atoms with E-state index < -0.39 is 11.5 Å². The highest BCUT2D eigenvalue weighted by atomic mass is 16.4. The van der Waals surface area contributed by atoms with Crippen LogP contribution < -0.4 is 5.32 Å². The molecule has 2 N–H and O–H groups in total. The summed E-state index contributed by atoms with van der Waals surface area (Å²) < 4.78 is 0. The monoisotopic (exact) mass is 256 g/mol. The molecule has 1 fully saturated rings. The zero-order chi connectivity index (χ0) is 14.0. The molecule has 0 saturated heterocycles. The van der Waals surface area contributed by atoms with Gasteiger partial charge in [0, 0.05) is 13.1 Å². The van der Waals surface area contributed by atoms with Crippen LogP contribution in [0, 0.1) is 11.3 Å². The molecule has 4 nitrogen and oxygen atoms in total. The second kappa shape index (κ2) is 5.57. The largest absolute Gasteiger partial charge is 0.480 e. The maximum absolute atomic E-state index is 11.7. The van der Waals surface area contributed by atoms with E-state index in [4.69, 9.17) is 0 Å². The summed E-state index contributed by atoms with van der Waals surface area (Å²) in [6.07, 6.45) is 2.06. The number of likely N-dealkylation sites (N-methyl/N-ethyl adjacent to an activating group) is 2. The van der Waals surface area contributed by atoms with Crippen molar-refractivity contribution in [1.82, 2.24) is 10.2 Å². The maximum atomic E-state index is 11.7. The molecule has 18 heavy (non-hydrogen) atoms. The van der Waals surface area contributed by atoms with Gasteiger partial charge in [0.05, 0.1) is 0 Å². The zero-order valence-electron chi connectivity index (χ0n) is 12.4. The van der Waals surface area contributed by atoms with E-state index in [1.54, 1.807) is 0 Å². The van der Waals surface area contributed by atoms with Crippen LogP contribution in [0.15, 0.2) is 0 Å². The molecule has 1 saturated carbocycles. The van der Waals surface area contributed by atoms with Crippen molar-refractivity contribution in [3.05, 3.63) is 0 Å². The normalized spacial score (nSPS) is 19.9. The first-order valence-corrected chi connectivity index (χ1v) is 6.88. The molecular formula is C14H28N2O2. The minimum atomic E-state index is -0.755. The molecule has 1 aliphatic carbocycles. The lowest BCUT2D eigenvalue weighted by Crippen LogP contribution is -2.60. The Morgan fingerprint density at radius 2 is 1.89 bits per heavy atom. The van der Waals surface area contributed by atoms with Gasteiger partial charge in [-0.2, -0.15) is 0 Å². The Bertz CT molecular complexity index is 295. The van der Waals surface area contributed by atoms with Crippen LogP contribution >= 0.6 is 0 Å². The standard InChI is InChI=1S/C14H28N2O2/c1-6-15-14(12(17)18,11-7-8-11)10-16(5)9-13(2,3)4/h11,15H,6-10H2,1-5H3,(H,17,18). The van der Waals surface area contributed by atoms with Crippen LogP contribution in [0.2, 0.25) is 0 Å². The number of carboxylic acids is 1. The van der Waals surface area contributed by atoms with Crippen molar-refractivity contribution in [2.45, 2.75) is 46.1 Å². The fourth-order valence-corrected chi connectivity index (χ4v) is 2.83. The third-order valence-electron chi connectivity index (χ3n) is 3.41. The van der Waals surface area contributed by atoms with Crippen molar-refractivity contribution >= 4 is 5.97 Å². The number of carboxylic acid groups (broad SMARTS) is 1. The van der Waals surface area contributed by atoms with Crippen LogP contribution in [-0.4, -0.2) is 48.2 Å². The fourth-order valence-electron chi connectivity index (χ4n) is 2.83. The minimum Gasteiger partial charge on any atom is -0.480 e. The molecule has 4 heteroatoms. The first-order valence-electron chi connectivity index (χ1n) is 6.88. The first-order chi connectivity index (χ1) is 8.21. The van der Waals surface area contributed by atoms with Crippen molar-refractivity contribution < 1.29 is 9.90 Å².